The zero-order valence-corrected chi connectivity index (χ0v) is 38.3. The first-order chi connectivity index (χ1) is 29.9. The maximum Gasteiger partial charge on any atom is 0.419 e. The normalized spacial score (nSPS) is 18.2. The van der Waals surface area contributed by atoms with Gasteiger partial charge in [0.15, 0.2) is 0 Å². The number of benzene rings is 2. The first-order valence-corrected chi connectivity index (χ1v) is 25.5. The molecule has 0 radical (unpaired) electrons. The van der Waals surface area contributed by atoms with Gasteiger partial charge in [-0.1, -0.05) is 43.6 Å². The van der Waals surface area contributed by atoms with E-state index in [0.29, 0.717) is 48.1 Å². The third-order valence-corrected chi connectivity index (χ3v) is 13.5. The molecule has 5 heterocycles. The molecule has 3 aliphatic rings. The van der Waals surface area contributed by atoms with Crippen LogP contribution in [0.1, 0.15) is 108 Å². The average Bonchev–Trinajstić information content (AvgIpc) is 3.91. The molecule has 2 atom stereocenters. The van der Waals surface area contributed by atoms with Gasteiger partial charge in [-0.25, -0.2) is 18.7 Å². The Labute approximate surface area is 369 Å². The van der Waals surface area contributed by atoms with E-state index in [4.69, 9.17) is 9.47 Å². The minimum Gasteiger partial charge on any atom is -0.443 e. The highest BCUT2D eigenvalue weighted by Crippen LogP contribution is 2.36. The van der Waals surface area contributed by atoms with Gasteiger partial charge in [0, 0.05) is 74.1 Å². The lowest BCUT2D eigenvalue weighted by Gasteiger charge is -2.35. The first-order valence-electron chi connectivity index (χ1n) is 21.8. The molecule has 2 aromatic heterocycles. The molecule has 0 saturated carbocycles. The number of carbonyl (C=O) groups excluding carboxylic acids is 5. The standard InChI is InChI=1S/C48H57FN6O7Si/c1-48(2,3)62-47(60)55-40-27-42(50-28-34(40)26-41(55)38-17-12-22-52(38)4)51-44(57)33-19-18-32(37(49)25-33)14-10-8-9-13-31-15-11-16-35-36(31)29-53(45(35)58)39-20-21-43(56)54(46(39)59)30-61-23-24-63(5,6)7/h11,15-16,18-19,25-28,38-39H,8,10,12,14,17,20-24,29-30H2,1-7H3,(H,50,51,57)/t38-,39?/m1/s1. The predicted octanol–water partition coefficient (Wildman–Crippen LogP) is 8.14. The van der Waals surface area contributed by atoms with Gasteiger partial charge in [0.05, 0.1) is 11.6 Å². The number of nitrogens with one attached hydrogen (secondary N) is 1. The number of anilines is 1. The summed E-state index contributed by atoms with van der Waals surface area (Å²) in [6, 6.07) is 13.5. The lowest BCUT2D eigenvalue weighted by molar-refractivity contribution is -0.158. The van der Waals surface area contributed by atoms with Gasteiger partial charge in [-0.05, 0) is 114 Å². The van der Waals surface area contributed by atoms with Crippen LogP contribution in [-0.2, 0) is 32.0 Å². The number of aryl methyl sites for hydroxylation is 1. The third-order valence-electron chi connectivity index (χ3n) is 11.8. The molecule has 0 bridgehead atoms. The molecule has 0 spiro atoms. The minimum absolute atomic E-state index is 0.0260. The number of pyridine rings is 1. The lowest BCUT2D eigenvalue weighted by Crippen LogP contribution is -2.55. The quantitative estimate of drug-likeness (QED) is 0.0646. The van der Waals surface area contributed by atoms with Crippen molar-refractivity contribution in [1.29, 1.82) is 0 Å². The van der Waals surface area contributed by atoms with E-state index >= 15 is 4.39 Å². The van der Waals surface area contributed by atoms with Crippen LogP contribution in [0, 0.1) is 17.7 Å². The number of carbonyl (C=O) groups is 5. The fraction of sp³-hybridized carbons (Fsp3) is 0.458. The molecule has 2 saturated heterocycles. The number of halogens is 1. The molecule has 4 aromatic rings. The number of piperidine rings is 1. The zero-order valence-electron chi connectivity index (χ0n) is 37.3. The van der Waals surface area contributed by atoms with Crippen molar-refractivity contribution in [3.63, 3.8) is 0 Å². The summed E-state index contributed by atoms with van der Waals surface area (Å²) in [6.45, 7) is 13.6. The highest BCUT2D eigenvalue weighted by Gasteiger charge is 2.43. The SMILES string of the molecule is CN1CCC[C@@H]1c1cc2cnc(NC(=O)c3ccc(CCCC#Cc4cccc5c4CN(C4CCC(=O)N(COCC[Si](C)(C)C)C4=O)C5=O)c(F)c3)cc2n1C(=O)OC(C)(C)C. The first kappa shape index (κ1) is 45.3. The summed E-state index contributed by atoms with van der Waals surface area (Å²) in [5.41, 5.74) is 3.12. The number of hydrogen-bond acceptors (Lipinski definition) is 9. The lowest BCUT2D eigenvalue weighted by atomic mass is 10.0. The van der Waals surface area contributed by atoms with E-state index in [9.17, 15) is 24.0 Å². The van der Waals surface area contributed by atoms with Crippen molar-refractivity contribution in [2.24, 2.45) is 0 Å². The number of hydrogen-bond donors (Lipinski definition) is 1. The van der Waals surface area contributed by atoms with Gasteiger partial charge in [-0.2, -0.15) is 0 Å². The molecule has 2 fully saturated rings. The Hall–Kier alpha value is -5.69. The van der Waals surface area contributed by atoms with E-state index in [2.05, 4.69) is 46.7 Å². The molecule has 4 amide bonds. The van der Waals surface area contributed by atoms with Crippen LogP contribution < -0.4 is 5.32 Å². The molecular weight excluding hydrogens is 820 g/mol. The number of imide groups is 1. The summed E-state index contributed by atoms with van der Waals surface area (Å²) in [5.74, 6) is 4.52. The number of rotatable bonds is 12. The van der Waals surface area contributed by atoms with Gasteiger partial charge in [0.2, 0.25) is 5.91 Å². The second kappa shape index (κ2) is 18.6. The Bertz CT molecular complexity index is 2510. The van der Waals surface area contributed by atoms with Crippen LogP contribution in [0.2, 0.25) is 25.7 Å². The molecule has 0 aliphatic carbocycles. The summed E-state index contributed by atoms with van der Waals surface area (Å²) in [7, 11) is 0.686. The summed E-state index contributed by atoms with van der Waals surface area (Å²) in [4.78, 5) is 75.9. The van der Waals surface area contributed by atoms with Gasteiger partial charge in [0.1, 0.15) is 30.0 Å². The summed E-state index contributed by atoms with van der Waals surface area (Å²) in [6.07, 6.45) is 4.81. The van der Waals surface area contributed by atoms with Crippen LogP contribution in [0.3, 0.4) is 0 Å². The molecule has 15 heteroatoms. The summed E-state index contributed by atoms with van der Waals surface area (Å²) in [5, 5.41) is 3.50. The number of ether oxygens (including phenoxy) is 2. The smallest absolute Gasteiger partial charge is 0.419 e. The fourth-order valence-corrected chi connectivity index (χ4v) is 9.10. The molecule has 7 rings (SSSR count). The number of unbranched alkanes of at least 4 members (excludes halogenated alkanes) is 1. The molecule has 63 heavy (non-hydrogen) atoms. The summed E-state index contributed by atoms with van der Waals surface area (Å²) < 4.78 is 28.5. The highest BCUT2D eigenvalue weighted by molar-refractivity contribution is 6.76. The van der Waals surface area contributed by atoms with Crippen LogP contribution in [0.25, 0.3) is 10.9 Å². The van der Waals surface area contributed by atoms with Gasteiger partial charge < -0.3 is 19.7 Å². The van der Waals surface area contributed by atoms with Gasteiger partial charge in [0.25, 0.3) is 17.7 Å². The van der Waals surface area contributed by atoms with Crippen molar-refractivity contribution < 1.29 is 37.8 Å². The van der Waals surface area contributed by atoms with Crippen LogP contribution in [0.15, 0.2) is 54.7 Å². The van der Waals surface area contributed by atoms with Crippen LogP contribution in [-0.4, -0.2) is 101 Å². The number of amides is 4. The highest BCUT2D eigenvalue weighted by atomic mass is 28.3. The second-order valence-corrected chi connectivity index (χ2v) is 24.5. The van der Waals surface area contributed by atoms with E-state index < -0.39 is 43.4 Å². The Morgan fingerprint density at radius 2 is 1.83 bits per heavy atom. The van der Waals surface area contributed by atoms with Gasteiger partial charge in [-0.3, -0.25) is 29.0 Å². The number of nitrogens with zero attached hydrogens (tertiary/aromatic N) is 5. The maximum absolute atomic E-state index is 15.4. The Balaban J connectivity index is 0.955. The Morgan fingerprint density at radius 3 is 2.54 bits per heavy atom. The van der Waals surface area contributed by atoms with E-state index in [1.54, 1.807) is 41.1 Å². The van der Waals surface area contributed by atoms with Crippen molar-refractivity contribution >= 4 is 54.5 Å². The molecule has 3 aliphatic heterocycles. The van der Waals surface area contributed by atoms with E-state index in [1.165, 1.54) is 11.0 Å². The summed E-state index contributed by atoms with van der Waals surface area (Å²) >= 11 is 0. The minimum atomic E-state index is -1.34. The maximum atomic E-state index is 15.4. The molecule has 332 valence electrons. The third kappa shape index (κ3) is 10.4. The van der Waals surface area contributed by atoms with Crippen molar-refractivity contribution in [3.8, 4) is 11.8 Å². The van der Waals surface area contributed by atoms with E-state index in [1.807, 2.05) is 40.0 Å². The fourth-order valence-electron chi connectivity index (χ4n) is 8.34. The second-order valence-electron chi connectivity index (χ2n) is 18.9. The zero-order chi connectivity index (χ0) is 45.2. The van der Waals surface area contributed by atoms with Crippen molar-refractivity contribution in [2.45, 2.75) is 116 Å². The Kier molecular flexibility index (Phi) is 13.4. The molecule has 1 unspecified atom stereocenters. The Morgan fingerprint density at radius 1 is 1.03 bits per heavy atom. The average molecular weight is 877 g/mol. The molecule has 13 nitrogen and oxygen atoms in total. The van der Waals surface area contributed by atoms with Gasteiger partial charge in [-0.15, -0.1) is 0 Å². The van der Waals surface area contributed by atoms with E-state index in [0.717, 1.165) is 47.0 Å². The van der Waals surface area contributed by atoms with Crippen molar-refractivity contribution in [2.75, 3.05) is 32.2 Å². The monoisotopic (exact) mass is 876 g/mol. The topological polar surface area (TPSA) is 143 Å². The number of aromatic nitrogens is 2. The van der Waals surface area contributed by atoms with Crippen LogP contribution >= 0.6 is 0 Å². The van der Waals surface area contributed by atoms with Gasteiger partial charge >= 0.3 is 6.09 Å². The molecular formula is C48H57FN6O7Si. The molecule has 1 N–H and O–H groups in total. The van der Waals surface area contributed by atoms with Crippen LogP contribution in [0.4, 0.5) is 15.0 Å². The largest absolute Gasteiger partial charge is 0.443 e. The molecule has 2 aromatic carbocycles. The van der Waals surface area contributed by atoms with Crippen molar-refractivity contribution in [1.82, 2.24) is 24.3 Å². The predicted molar refractivity (Wildman–Crippen MR) is 240 cm³/mol. The number of fused-ring (bicyclic) bond motifs is 2. The van der Waals surface area contributed by atoms with Crippen molar-refractivity contribution in [3.05, 3.63) is 94.1 Å². The number of likely N-dealkylation sites (tertiary alicyclic amines) is 2. The van der Waals surface area contributed by atoms with E-state index in [-0.39, 0.29) is 55.4 Å². The van der Waals surface area contributed by atoms with Crippen LogP contribution in [0.5, 0.6) is 0 Å².